The van der Waals surface area contributed by atoms with Crippen LogP contribution in [0, 0.1) is 5.92 Å². The number of rotatable bonds is 4. The van der Waals surface area contributed by atoms with Crippen molar-refractivity contribution in [2.75, 3.05) is 5.32 Å². The van der Waals surface area contributed by atoms with Crippen LogP contribution in [0.3, 0.4) is 0 Å². The van der Waals surface area contributed by atoms with E-state index in [9.17, 15) is 9.59 Å². The Bertz CT molecular complexity index is 664. The summed E-state index contributed by atoms with van der Waals surface area (Å²) in [6.07, 6.45) is 1.73. The van der Waals surface area contributed by atoms with E-state index < -0.39 is 6.03 Å². The Kier molecular flexibility index (Phi) is 4.05. The number of benzene rings is 2. The minimum absolute atomic E-state index is 0.00685. The van der Waals surface area contributed by atoms with E-state index in [1.807, 2.05) is 30.3 Å². The second-order valence-electron chi connectivity index (χ2n) is 5.16. The molecule has 0 atom stereocenters. The largest absolute Gasteiger partial charge is 0.457 e. The van der Waals surface area contributed by atoms with Crippen LogP contribution >= 0.6 is 0 Å². The first-order valence-electron chi connectivity index (χ1n) is 7.15. The normalized spacial score (nSPS) is 13.3. The lowest BCUT2D eigenvalue weighted by atomic mass is 10.3. The van der Waals surface area contributed by atoms with Gasteiger partial charge in [-0.2, -0.15) is 0 Å². The number of amides is 3. The van der Waals surface area contributed by atoms with E-state index in [1.54, 1.807) is 24.3 Å². The maximum atomic E-state index is 11.7. The third-order valence-electron chi connectivity index (χ3n) is 3.28. The molecule has 0 radical (unpaired) electrons. The van der Waals surface area contributed by atoms with Crippen molar-refractivity contribution in [1.82, 2.24) is 5.32 Å². The van der Waals surface area contributed by atoms with Crippen LogP contribution in [0.4, 0.5) is 10.5 Å². The summed E-state index contributed by atoms with van der Waals surface area (Å²) in [5.74, 6) is 1.22. The summed E-state index contributed by atoms with van der Waals surface area (Å²) < 4.78 is 5.66. The quantitative estimate of drug-likeness (QED) is 0.906. The lowest BCUT2D eigenvalue weighted by Gasteiger charge is -2.08. The SMILES string of the molecule is O=C(NC(=O)C1CC1)Nc1ccc(Oc2ccccc2)cc1. The van der Waals surface area contributed by atoms with Crippen molar-refractivity contribution >= 4 is 17.6 Å². The van der Waals surface area contributed by atoms with E-state index in [0.29, 0.717) is 11.4 Å². The molecular formula is C17H16N2O3. The summed E-state index contributed by atoms with van der Waals surface area (Å²) in [5, 5.41) is 4.94. The molecular weight excluding hydrogens is 280 g/mol. The number of anilines is 1. The van der Waals surface area contributed by atoms with E-state index >= 15 is 0 Å². The second kappa shape index (κ2) is 6.30. The molecule has 3 rings (SSSR count). The maximum Gasteiger partial charge on any atom is 0.325 e. The number of hydrogen-bond acceptors (Lipinski definition) is 3. The number of imide groups is 1. The third-order valence-corrected chi connectivity index (χ3v) is 3.28. The van der Waals surface area contributed by atoms with Gasteiger partial charge in [0.15, 0.2) is 0 Å². The Balaban J connectivity index is 1.54. The van der Waals surface area contributed by atoms with Crippen molar-refractivity contribution in [3.63, 3.8) is 0 Å². The first kappa shape index (κ1) is 14.1. The highest BCUT2D eigenvalue weighted by atomic mass is 16.5. The highest BCUT2D eigenvalue weighted by Gasteiger charge is 2.30. The summed E-state index contributed by atoms with van der Waals surface area (Å²) in [4.78, 5) is 23.1. The highest BCUT2D eigenvalue weighted by Crippen LogP contribution is 2.28. The van der Waals surface area contributed by atoms with Crippen molar-refractivity contribution in [3.8, 4) is 11.5 Å². The fourth-order valence-corrected chi connectivity index (χ4v) is 1.95. The van der Waals surface area contributed by atoms with Crippen molar-refractivity contribution < 1.29 is 14.3 Å². The van der Waals surface area contributed by atoms with E-state index in [1.165, 1.54) is 0 Å². The summed E-state index contributed by atoms with van der Waals surface area (Å²) in [6.45, 7) is 0. The molecule has 0 heterocycles. The van der Waals surface area contributed by atoms with Gasteiger partial charge in [0, 0.05) is 11.6 Å². The molecule has 2 aromatic carbocycles. The van der Waals surface area contributed by atoms with Gasteiger partial charge in [0.05, 0.1) is 0 Å². The van der Waals surface area contributed by atoms with Crippen molar-refractivity contribution in [2.24, 2.45) is 5.92 Å². The molecule has 0 saturated heterocycles. The molecule has 112 valence electrons. The van der Waals surface area contributed by atoms with E-state index in [-0.39, 0.29) is 11.8 Å². The molecule has 3 amide bonds. The molecule has 0 aliphatic heterocycles. The Morgan fingerprint density at radius 2 is 1.55 bits per heavy atom. The fraction of sp³-hybridized carbons (Fsp3) is 0.176. The number of ether oxygens (including phenoxy) is 1. The number of hydrogen-bond donors (Lipinski definition) is 2. The number of carbonyl (C=O) groups is 2. The van der Waals surface area contributed by atoms with Gasteiger partial charge in [-0.1, -0.05) is 18.2 Å². The summed E-state index contributed by atoms with van der Waals surface area (Å²) in [7, 11) is 0. The predicted octanol–water partition coefficient (Wildman–Crippen LogP) is 3.54. The molecule has 0 aromatic heterocycles. The molecule has 1 saturated carbocycles. The molecule has 2 N–H and O–H groups in total. The standard InChI is InChI=1S/C17H16N2O3/c20-16(12-6-7-12)19-17(21)18-13-8-10-15(11-9-13)22-14-4-2-1-3-5-14/h1-5,8-12H,6-7H2,(H2,18,19,20,21). The molecule has 0 unspecified atom stereocenters. The molecule has 22 heavy (non-hydrogen) atoms. The Morgan fingerprint density at radius 1 is 0.909 bits per heavy atom. The minimum atomic E-state index is -0.506. The maximum absolute atomic E-state index is 11.7. The lowest BCUT2D eigenvalue weighted by Crippen LogP contribution is -2.35. The zero-order chi connectivity index (χ0) is 15.4. The van der Waals surface area contributed by atoms with Crippen molar-refractivity contribution in [2.45, 2.75) is 12.8 Å². The molecule has 0 spiro atoms. The number of nitrogens with one attached hydrogen (secondary N) is 2. The van der Waals surface area contributed by atoms with E-state index in [2.05, 4.69) is 10.6 Å². The zero-order valence-electron chi connectivity index (χ0n) is 11.9. The molecule has 0 bridgehead atoms. The van der Waals surface area contributed by atoms with Gasteiger partial charge in [-0.3, -0.25) is 10.1 Å². The number of para-hydroxylation sites is 1. The predicted molar refractivity (Wildman–Crippen MR) is 82.8 cm³/mol. The van der Waals surface area contributed by atoms with Crippen LogP contribution < -0.4 is 15.4 Å². The Hall–Kier alpha value is -2.82. The summed E-state index contributed by atoms with van der Waals surface area (Å²) in [5.41, 5.74) is 0.599. The summed E-state index contributed by atoms with van der Waals surface area (Å²) in [6, 6.07) is 15.9. The van der Waals surface area contributed by atoms with Gasteiger partial charge in [-0.15, -0.1) is 0 Å². The van der Waals surface area contributed by atoms with Crippen LogP contribution in [-0.4, -0.2) is 11.9 Å². The van der Waals surface area contributed by atoms with Crippen LogP contribution in [-0.2, 0) is 4.79 Å². The monoisotopic (exact) mass is 296 g/mol. The van der Waals surface area contributed by atoms with Crippen LogP contribution in [0.25, 0.3) is 0 Å². The molecule has 1 fully saturated rings. The van der Waals surface area contributed by atoms with Crippen LogP contribution in [0.15, 0.2) is 54.6 Å². The molecule has 5 nitrogen and oxygen atoms in total. The third kappa shape index (κ3) is 3.85. The minimum Gasteiger partial charge on any atom is -0.457 e. The van der Waals surface area contributed by atoms with Gasteiger partial charge < -0.3 is 10.1 Å². The van der Waals surface area contributed by atoms with Crippen LogP contribution in [0.2, 0.25) is 0 Å². The lowest BCUT2D eigenvalue weighted by molar-refractivity contribution is -0.121. The topological polar surface area (TPSA) is 67.4 Å². The van der Waals surface area contributed by atoms with Gasteiger partial charge in [0.25, 0.3) is 0 Å². The Morgan fingerprint density at radius 3 is 2.18 bits per heavy atom. The average molecular weight is 296 g/mol. The average Bonchev–Trinajstić information content (AvgIpc) is 3.35. The van der Waals surface area contributed by atoms with Crippen LogP contribution in [0.5, 0.6) is 11.5 Å². The number of urea groups is 1. The van der Waals surface area contributed by atoms with Gasteiger partial charge in [0.2, 0.25) is 5.91 Å². The highest BCUT2D eigenvalue weighted by molar-refractivity contribution is 6.02. The van der Waals surface area contributed by atoms with Gasteiger partial charge in [-0.05, 0) is 49.2 Å². The summed E-state index contributed by atoms with van der Waals surface area (Å²) >= 11 is 0. The number of carbonyl (C=O) groups excluding carboxylic acids is 2. The van der Waals surface area contributed by atoms with Gasteiger partial charge in [-0.25, -0.2) is 4.79 Å². The van der Waals surface area contributed by atoms with Crippen molar-refractivity contribution in [3.05, 3.63) is 54.6 Å². The first-order valence-corrected chi connectivity index (χ1v) is 7.15. The molecule has 1 aliphatic rings. The van der Waals surface area contributed by atoms with E-state index in [0.717, 1.165) is 18.6 Å². The zero-order valence-corrected chi connectivity index (χ0v) is 11.9. The fourth-order valence-electron chi connectivity index (χ4n) is 1.95. The molecule has 5 heteroatoms. The van der Waals surface area contributed by atoms with Crippen LogP contribution in [0.1, 0.15) is 12.8 Å². The van der Waals surface area contributed by atoms with Crippen molar-refractivity contribution in [1.29, 1.82) is 0 Å². The van der Waals surface area contributed by atoms with E-state index in [4.69, 9.17) is 4.74 Å². The first-order chi connectivity index (χ1) is 10.7. The second-order valence-corrected chi connectivity index (χ2v) is 5.16. The van der Waals surface area contributed by atoms with Gasteiger partial charge >= 0.3 is 6.03 Å². The molecule has 2 aromatic rings. The van der Waals surface area contributed by atoms with Gasteiger partial charge in [0.1, 0.15) is 11.5 Å². The molecule has 1 aliphatic carbocycles. The smallest absolute Gasteiger partial charge is 0.325 e. The Labute approximate surface area is 128 Å².